The minimum absolute atomic E-state index is 0.000381. The minimum Gasteiger partial charge on any atom is -0.375 e. The fourth-order valence-corrected chi connectivity index (χ4v) is 6.00. The quantitative estimate of drug-likeness (QED) is 0.687. The number of amides is 2. The molecular formula is C13H20N2O5S. The van der Waals surface area contributed by atoms with Gasteiger partial charge in [-0.1, -0.05) is 0 Å². The summed E-state index contributed by atoms with van der Waals surface area (Å²) in [7, 11) is -1.56. The fourth-order valence-electron chi connectivity index (χ4n) is 3.48. The fraction of sp³-hybridized carbons (Fsp3) is 0.846. The number of sulfone groups is 1. The minimum atomic E-state index is -3.04. The van der Waals surface area contributed by atoms with Gasteiger partial charge < -0.3 is 15.0 Å². The van der Waals surface area contributed by atoms with Gasteiger partial charge in [-0.2, -0.15) is 0 Å². The van der Waals surface area contributed by atoms with E-state index < -0.39 is 15.3 Å². The predicted molar refractivity (Wildman–Crippen MR) is 74.2 cm³/mol. The predicted octanol–water partition coefficient (Wildman–Crippen LogP) is -1.22. The molecule has 21 heavy (non-hydrogen) atoms. The number of methoxy groups -OCH3 is 1. The number of fused-ring (bicyclic) bond motifs is 1. The summed E-state index contributed by atoms with van der Waals surface area (Å²) in [6.45, 7) is 1.83. The first-order chi connectivity index (χ1) is 9.86. The van der Waals surface area contributed by atoms with E-state index in [4.69, 9.17) is 4.74 Å². The smallest absolute Gasteiger partial charge is 0.248 e. The highest BCUT2D eigenvalue weighted by molar-refractivity contribution is 7.92. The Morgan fingerprint density at radius 1 is 1.33 bits per heavy atom. The number of hydrogen-bond donors (Lipinski definition) is 1. The van der Waals surface area contributed by atoms with Crippen molar-refractivity contribution in [3.8, 4) is 0 Å². The molecular weight excluding hydrogens is 296 g/mol. The summed E-state index contributed by atoms with van der Waals surface area (Å²) in [6.07, 6.45) is 0.953. The zero-order valence-electron chi connectivity index (χ0n) is 12.0. The molecule has 0 aromatic heterocycles. The van der Waals surface area contributed by atoms with Crippen molar-refractivity contribution < 1.29 is 22.7 Å². The van der Waals surface area contributed by atoms with Crippen LogP contribution in [0.3, 0.4) is 0 Å². The van der Waals surface area contributed by atoms with Gasteiger partial charge in [0.2, 0.25) is 11.8 Å². The third-order valence-corrected chi connectivity index (χ3v) is 7.14. The summed E-state index contributed by atoms with van der Waals surface area (Å²) < 4.78 is 28.1. The topological polar surface area (TPSA) is 92.8 Å². The first kappa shape index (κ1) is 14.8. The Balaban J connectivity index is 1.42. The number of carbonyl (C=O) groups excluding carboxylic acids is 2. The first-order valence-electron chi connectivity index (χ1n) is 7.13. The van der Waals surface area contributed by atoms with Crippen LogP contribution in [0.1, 0.15) is 12.8 Å². The van der Waals surface area contributed by atoms with Gasteiger partial charge in [-0.25, -0.2) is 8.42 Å². The highest BCUT2D eigenvalue weighted by Crippen LogP contribution is 2.53. The molecule has 0 aromatic rings. The van der Waals surface area contributed by atoms with Crippen LogP contribution in [-0.2, 0) is 24.2 Å². The average Bonchev–Trinajstić information content (AvgIpc) is 2.72. The molecule has 4 fully saturated rings. The molecule has 7 nitrogen and oxygen atoms in total. The number of hydrogen-bond acceptors (Lipinski definition) is 5. The summed E-state index contributed by atoms with van der Waals surface area (Å²) in [6, 6.07) is 0. The van der Waals surface area contributed by atoms with Crippen molar-refractivity contribution in [3.05, 3.63) is 0 Å². The largest absolute Gasteiger partial charge is 0.375 e. The molecule has 3 aliphatic heterocycles. The molecule has 0 aromatic carbocycles. The maximum atomic E-state index is 12.2. The Labute approximate surface area is 123 Å². The SMILES string of the molecule is COCC(=O)N1CC(CNC(=O)C23CC(C2)S(=O)(=O)C3)C1. The maximum absolute atomic E-state index is 12.2. The van der Waals surface area contributed by atoms with Crippen LogP contribution in [-0.4, -0.2) is 69.5 Å². The van der Waals surface area contributed by atoms with Crippen LogP contribution in [0.15, 0.2) is 0 Å². The van der Waals surface area contributed by atoms with Gasteiger partial charge in [0, 0.05) is 32.7 Å². The number of rotatable bonds is 5. The van der Waals surface area contributed by atoms with Crippen LogP contribution in [0, 0.1) is 11.3 Å². The second kappa shape index (κ2) is 4.95. The van der Waals surface area contributed by atoms with E-state index in [9.17, 15) is 18.0 Å². The highest BCUT2D eigenvalue weighted by Gasteiger charge is 2.63. The number of ether oxygens (including phenoxy) is 1. The molecule has 0 radical (unpaired) electrons. The van der Waals surface area contributed by atoms with Crippen LogP contribution < -0.4 is 5.32 Å². The number of nitrogens with zero attached hydrogens (tertiary/aromatic N) is 1. The third kappa shape index (κ3) is 2.44. The average molecular weight is 316 g/mol. The Morgan fingerprint density at radius 3 is 2.52 bits per heavy atom. The highest BCUT2D eigenvalue weighted by atomic mass is 32.2. The Morgan fingerprint density at radius 2 is 2.00 bits per heavy atom. The lowest BCUT2D eigenvalue weighted by Gasteiger charge is -2.40. The van der Waals surface area contributed by atoms with Gasteiger partial charge in [-0.15, -0.1) is 0 Å². The lowest BCUT2D eigenvalue weighted by atomic mass is 9.70. The molecule has 0 unspecified atom stereocenters. The Bertz CT molecular complexity index is 561. The van der Waals surface area contributed by atoms with Crippen molar-refractivity contribution in [2.45, 2.75) is 18.1 Å². The standard InChI is InChI=1S/C13H20N2O5S/c1-20-7-11(16)15-5-9(6-15)4-14-12(17)13-2-10(3-13)21(18,19)8-13/h9-10H,2-8H2,1H3,(H,14,17). The summed E-state index contributed by atoms with van der Waals surface area (Å²) >= 11 is 0. The lowest BCUT2D eigenvalue weighted by Crippen LogP contribution is -2.56. The van der Waals surface area contributed by atoms with E-state index in [0.29, 0.717) is 32.5 Å². The van der Waals surface area contributed by atoms with Crippen molar-refractivity contribution in [2.24, 2.45) is 11.3 Å². The third-order valence-electron chi connectivity index (χ3n) is 4.83. The zero-order valence-corrected chi connectivity index (χ0v) is 12.8. The number of nitrogens with one attached hydrogen (secondary N) is 1. The normalized spacial score (nSPS) is 33.2. The molecule has 3 saturated heterocycles. The maximum Gasteiger partial charge on any atom is 0.248 e. The number of likely N-dealkylation sites (tertiary alicyclic amines) is 1. The molecule has 4 aliphatic rings. The van der Waals surface area contributed by atoms with Crippen LogP contribution >= 0.6 is 0 Å². The Hall–Kier alpha value is -1.15. The van der Waals surface area contributed by atoms with Crippen LogP contribution in [0.4, 0.5) is 0 Å². The van der Waals surface area contributed by atoms with Gasteiger partial charge in [0.15, 0.2) is 9.84 Å². The van der Waals surface area contributed by atoms with E-state index in [2.05, 4.69) is 5.32 Å². The van der Waals surface area contributed by atoms with Gasteiger partial charge >= 0.3 is 0 Å². The molecule has 0 spiro atoms. The number of carbonyl (C=O) groups is 2. The van der Waals surface area contributed by atoms with Gasteiger partial charge in [0.25, 0.3) is 0 Å². The van der Waals surface area contributed by atoms with Crippen molar-refractivity contribution >= 4 is 21.7 Å². The molecule has 1 saturated carbocycles. The van der Waals surface area contributed by atoms with E-state index in [1.165, 1.54) is 7.11 Å². The van der Waals surface area contributed by atoms with Crippen LogP contribution in [0.2, 0.25) is 0 Å². The van der Waals surface area contributed by atoms with Gasteiger partial charge in [-0.05, 0) is 12.8 Å². The van der Waals surface area contributed by atoms with E-state index in [0.717, 1.165) is 0 Å². The van der Waals surface area contributed by atoms with Crippen LogP contribution in [0.5, 0.6) is 0 Å². The first-order valence-corrected chi connectivity index (χ1v) is 8.84. The van der Waals surface area contributed by atoms with E-state index in [-0.39, 0.29) is 35.3 Å². The van der Waals surface area contributed by atoms with Crippen molar-refractivity contribution in [3.63, 3.8) is 0 Å². The molecule has 0 atom stereocenters. The van der Waals surface area contributed by atoms with E-state index in [1.807, 2.05) is 0 Å². The van der Waals surface area contributed by atoms with E-state index >= 15 is 0 Å². The summed E-state index contributed by atoms with van der Waals surface area (Å²) in [5.41, 5.74) is -0.668. The Kier molecular flexibility index (Phi) is 3.48. The second-order valence-corrected chi connectivity index (χ2v) is 8.71. The second-order valence-electron chi connectivity index (χ2n) is 6.43. The molecule has 2 bridgehead atoms. The summed E-state index contributed by atoms with van der Waals surface area (Å²) in [5, 5.41) is 2.56. The summed E-state index contributed by atoms with van der Waals surface area (Å²) in [5.74, 6) is 0.0727. The molecule has 1 N–H and O–H groups in total. The summed E-state index contributed by atoms with van der Waals surface area (Å²) in [4.78, 5) is 25.4. The molecule has 8 heteroatoms. The van der Waals surface area contributed by atoms with Gasteiger partial charge in [-0.3, -0.25) is 9.59 Å². The lowest BCUT2D eigenvalue weighted by molar-refractivity contribution is -0.141. The van der Waals surface area contributed by atoms with Crippen molar-refractivity contribution in [1.29, 1.82) is 0 Å². The zero-order chi connectivity index (χ0) is 15.3. The van der Waals surface area contributed by atoms with E-state index in [1.54, 1.807) is 4.90 Å². The molecule has 118 valence electrons. The monoisotopic (exact) mass is 316 g/mol. The van der Waals surface area contributed by atoms with Crippen molar-refractivity contribution in [2.75, 3.05) is 39.1 Å². The van der Waals surface area contributed by atoms with Crippen molar-refractivity contribution in [1.82, 2.24) is 10.2 Å². The molecule has 4 rings (SSSR count). The van der Waals surface area contributed by atoms with Gasteiger partial charge in [0.1, 0.15) is 6.61 Å². The molecule has 3 heterocycles. The molecule has 1 aliphatic carbocycles. The van der Waals surface area contributed by atoms with Crippen LogP contribution in [0.25, 0.3) is 0 Å². The van der Waals surface area contributed by atoms with Gasteiger partial charge in [0.05, 0.1) is 16.4 Å². The molecule has 2 amide bonds.